The molecule has 8 heteroatoms. The van der Waals surface area contributed by atoms with E-state index in [0.29, 0.717) is 17.2 Å². The number of phenols is 1. The molecule has 8 nitrogen and oxygen atoms in total. The van der Waals surface area contributed by atoms with E-state index < -0.39 is 0 Å². The van der Waals surface area contributed by atoms with Crippen LogP contribution in [0.5, 0.6) is 5.75 Å². The lowest BCUT2D eigenvalue weighted by atomic mass is 9.94. The Morgan fingerprint density at radius 2 is 1.94 bits per heavy atom. The average molecular weight is 442 g/mol. The third kappa shape index (κ3) is 3.51. The van der Waals surface area contributed by atoms with Crippen molar-refractivity contribution in [3.63, 3.8) is 0 Å². The molecule has 3 aromatic heterocycles. The zero-order valence-electron chi connectivity index (χ0n) is 18.6. The van der Waals surface area contributed by atoms with Crippen LogP contribution in [0.25, 0.3) is 22.3 Å². The molecule has 0 radical (unpaired) electrons. The van der Waals surface area contributed by atoms with Crippen molar-refractivity contribution in [3.8, 4) is 17.0 Å². The van der Waals surface area contributed by atoms with E-state index in [1.807, 2.05) is 24.4 Å². The Hall–Kier alpha value is -3.52. The number of aromatic hydroxyl groups is 1. The molecular formula is C25H27N7O. The molecule has 0 bridgehead atoms. The number of phenolic OH excluding ortho intramolecular Hbond substituents is 1. The fraction of sp³-hybridized carbons (Fsp3) is 0.360. The van der Waals surface area contributed by atoms with Gasteiger partial charge < -0.3 is 20.3 Å². The van der Waals surface area contributed by atoms with Gasteiger partial charge >= 0.3 is 0 Å². The van der Waals surface area contributed by atoms with E-state index in [4.69, 9.17) is 4.98 Å². The third-order valence-corrected chi connectivity index (χ3v) is 7.03. The fourth-order valence-corrected chi connectivity index (χ4v) is 5.26. The van der Waals surface area contributed by atoms with Crippen molar-refractivity contribution in [2.45, 2.75) is 38.1 Å². The molecule has 0 amide bonds. The van der Waals surface area contributed by atoms with Crippen LogP contribution in [0.3, 0.4) is 0 Å². The van der Waals surface area contributed by atoms with Crippen molar-refractivity contribution < 1.29 is 5.11 Å². The number of aromatic amines is 1. The number of hydrogen-bond donors (Lipinski definition) is 3. The molecule has 1 fully saturated rings. The van der Waals surface area contributed by atoms with Crippen molar-refractivity contribution >= 4 is 17.0 Å². The highest BCUT2D eigenvalue weighted by molar-refractivity contribution is 5.86. The van der Waals surface area contributed by atoms with Gasteiger partial charge in [0.1, 0.15) is 5.75 Å². The Morgan fingerprint density at radius 1 is 1.09 bits per heavy atom. The predicted molar refractivity (Wildman–Crippen MR) is 127 cm³/mol. The van der Waals surface area contributed by atoms with Gasteiger partial charge in [-0.15, -0.1) is 10.2 Å². The van der Waals surface area contributed by atoms with Gasteiger partial charge in [0.05, 0.1) is 11.7 Å². The van der Waals surface area contributed by atoms with Gasteiger partial charge in [0.25, 0.3) is 0 Å². The maximum absolute atomic E-state index is 10.3. The van der Waals surface area contributed by atoms with Crippen LogP contribution in [0.4, 0.5) is 5.95 Å². The van der Waals surface area contributed by atoms with Crippen molar-refractivity contribution in [2.75, 3.05) is 24.5 Å². The molecule has 6 rings (SSSR count). The summed E-state index contributed by atoms with van der Waals surface area (Å²) in [4.78, 5) is 15.4. The number of rotatable bonds is 3. The van der Waals surface area contributed by atoms with E-state index in [1.165, 1.54) is 11.3 Å². The smallest absolute Gasteiger partial charge is 0.226 e. The van der Waals surface area contributed by atoms with E-state index in [9.17, 15) is 5.11 Å². The number of fused-ring (bicyclic) bond motifs is 3. The first-order valence-electron chi connectivity index (χ1n) is 11.7. The Balaban J connectivity index is 1.37. The van der Waals surface area contributed by atoms with E-state index in [-0.39, 0.29) is 11.8 Å². The monoisotopic (exact) mass is 441 g/mol. The van der Waals surface area contributed by atoms with Crippen LogP contribution in [0, 0.1) is 0 Å². The molecule has 0 unspecified atom stereocenters. The SMILES string of the molecule is C[C@H]1c2c([nH]c3nnc(-c4ccccc4O)cc23)CCN1c1nccc(C2CCNCC2)n1. The summed E-state index contributed by atoms with van der Waals surface area (Å²) in [5, 5.41) is 23.6. The molecule has 5 heterocycles. The summed E-state index contributed by atoms with van der Waals surface area (Å²) < 4.78 is 0. The highest BCUT2D eigenvalue weighted by Crippen LogP contribution is 2.38. The summed E-state index contributed by atoms with van der Waals surface area (Å²) in [6, 6.07) is 11.4. The molecule has 4 aromatic rings. The van der Waals surface area contributed by atoms with Gasteiger partial charge in [-0.05, 0) is 57.1 Å². The molecule has 0 saturated carbocycles. The topological polar surface area (TPSA) is 103 Å². The van der Waals surface area contributed by atoms with Gasteiger partial charge in [-0.2, -0.15) is 0 Å². The standard InChI is InChI=1S/C25H27N7O/c1-15-23-18-14-21(17-4-2-3-5-22(17)33)30-31-24(18)28-20(23)9-13-32(15)25-27-12-8-19(29-25)16-6-10-26-11-7-16/h2-5,8,12,14-16,26,33H,6-7,9-11,13H2,1H3,(H,28,31)/t15-/m0/s1. The molecular weight excluding hydrogens is 414 g/mol. The Labute approximate surface area is 192 Å². The van der Waals surface area contributed by atoms with Crippen molar-refractivity contribution in [1.82, 2.24) is 30.5 Å². The number of piperidine rings is 1. The normalized spacial score (nSPS) is 19.1. The first-order chi connectivity index (χ1) is 16.2. The van der Waals surface area contributed by atoms with Crippen LogP contribution >= 0.6 is 0 Å². The number of benzene rings is 1. The van der Waals surface area contributed by atoms with E-state index in [2.05, 4.69) is 43.4 Å². The summed E-state index contributed by atoms with van der Waals surface area (Å²) in [5.74, 6) is 1.49. The largest absolute Gasteiger partial charge is 0.507 e. The lowest BCUT2D eigenvalue weighted by Gasteiger charge is -2.34. The molecule has 2 aliphatic heterocycles. The van der Waals surface area contributed by atoms with Crippen molar-refractivity contribution in [1.29, 1.82) is 0 Å². The minimum Gasteiger partial charge on any atom is -0.507 e. The number of aromatic nitrogens is 5. The van der Waals surface area contributed by atoms with Crippen LogP contribution in [0.1, 0.15) is 48.7 Å². The maximum atomic E-state index is 10.3. The van der Waals surface area contributed by atoms with Crippen LogP contribution in [0.15, 0.2) is 42.6 Å². The first kappa shape index (κ1) is 20.1. The van der Waals surface area contributed by atoms with Crippen LogP contribution in [0.2, 0.25) is 0 Å². The highest BCUT2D eigenvalue weighted by atomic mass is 16.3. The molecule has 0 aliphatic carbocycles. The maximum Gasteiger partial charge on any atom is 0.226 e. The fourth-order valence-electron chi connectivity index (χ4n) is 5.26. The molecule has 1 aromatic carbocycles. The van der Waals surface area contributed by atoms with Gasteiger partial charge in [0.15, 0.2) is 5.65 Å². The lowest BCUT2D eigenvalue weighted by molar-refractivity contribution is 0.452. The summed E-state index contributed by atoms with van der Waals surface area (Å²) in [5.41, 5.74) is 5.66. The summed E-state index contributed by atoms with van der Waals surface area (Å²) in [7, 11) is 0. The minimum atomic E-state index is 0.0900. The molecule has 168 valence electrons. The highest BCUT2D eigenvalue weighted by Gasteiger charge is 2.30. The summed E-state index contributed by atoms with van der Waals surface area (Å²) in [6.07, 6.45) is 5.00. The van der Waals surface area contributed by atoms with Crippen LogP contribution < -0.4 is 10.2 Å². The van der Waals surface area contributed by atoms with Crippen molar-refractivity contribution in [3.05, 3.63) is 59.5 Å². The number of hydrogen-bond acceptors (Lipinski definition) is 7. The predicted octanol–water partition coefficient (Wildman–Crippen LogP) is 3.71. The number of para-hydroxylation sites is 1. The number of anilines is 1. The molecule has 0 spiro atoms. The molecule has 33 heavy (non-hydrogen) atoms. The Morgan fingerprint density at radius 3 is 2.79 bits per heavy atom. The number of nitrogens with one attached hydrogen (secondary N) is 2. The van der Waals surface area contributed by atoms with Gasteiger partial charge in [-0.1, -0.05) is 12.1 Å². The quantitative estimate of drug-likeness (QED) is 0.445. The average Bonchev–Trinajstić information content (AvgIpc) is 3.24. The van der Waals surface area contributed by atoms with Gasteiger partial charge in [-0.25, -0.2) is 9.97 Å². The lowest BCUT2D eigenvalue weighted by Crippen LogP contribution is -2.35. The zero-order chi connectivity index (χ0) is 22.4. The molecule has 3 N–H and O–H groups in total. The molecule has 1 saturated heterocycles. The van der Waals surface area contributed by atoms with Crippen LogP contribution in [-0.2, 0) is 6.42 Å². The Bertz CT molecular complexity index is 1310. The number of nitrogens with zero attached hydrogens (tertiary/aromatic N) is 5. The third-order valence-electron chi connectivity index (χ3n) is 7.03. The van der Waals surface area contributed by atoms with E-state index in [1.54, 1.807) is 12.1 Å². The molecule has 1 atom stereocenters. The van der Waals surface area contributed by atoms with Crippen molar-refractivity contribution in [2.24, 2.45) is 0 Å². The zero-order valence-corrected chi connectivity index (χ0v) is 18.6. The van der Waals surface area contributed by atoms with E-state index in [0.717, 1.165) is 61.6 Å². The first-order valence-corrected chi connectivity index (χ1v) is 11.7. The summed E-state index contributed by atoms with van der Waals surface area (Å²) in [6.45, 7) is 5.13. The second kappa shape index (κ2) is 8.12. The van der Waals surface area contributed by atoms with Gasteiger partial charge in [0.2, 0.25) is 5.95 Å². The summed E-state index contributed by atoms with van der Waals surface area (Å²) >= 11 is 0. The second-order valence-electron chi connectivity index (χ2n) is 8.95. The van der Waals surface area contributed by atoms with Gasteiger partial charge in [0, 0.05) is 53.0 Å². The minimum absolute atomic E-state index is 0.0900. The Kier molecular flexibility index (Phi) is 4.95. The second-order valence-corrected chi connectivity index (χ2v) is 8.95. The molecule has 2 aliphatic rings. The van der Waals surface area contributed by atoms with Gasteiger partial charge in [-0.3, -0.25) is 0 Å². The van der Waals surface area contributed by atoms with Crippen LogP contribution in [-0.4, -0.2) is 49.9 Å². The number of H-pyrrole nitrogens is 1. The van der Waals surface area contributed by atoms with E-state index >= 15 is 0 Å².